The van der Waals surface area contributed by atoms with E-state index in [2.05, 4.69) is 39.1 Å². The molecule has 4 heteroatoms. The van der Waals surface area contributed by atoms with Gasteiger partial charge in [-0.15, -0.1) is 0 Å². The molecule has 1 heterocycles. The van der Waals surface area contributed by atoms with Crippen LogP contribution in [0.1, 0.15) is 51.0 Å². The number of halogens is 1. The number of nitrogens with zero attached hydrogens (tertiary/aromatic N) is 2. The topological polar surface area (TPSA) is 25.8 Å². The van der Waals surface area contributed by atoms with Gasteiger partial charge in [0, 0.05) is 5.41 Å². The van der Waals surface area contributed by atoms with Crippen LogP contribution in [0.25, 0.3) is 0 Å². The molecule has 1 aromatic rings. The maximum atomic E-state index is 4.54. The molecule has 1 aliphatic rings. The van der Waals surface area contributed by atoms with E-state index < -0.39 is 0 Å². The van der Waals surface area contributed by atoms with Gasteiger partial charge in [-0.05, 0) is 52.6 Å². The van der Waals surface area contributed by atoms with Gasteiger partial charge in [-0.1, -0.05) is 26.7 Å². The minimum atomic E-state index is 0.345. The van der Waals surface area contributed by atoms with Gasteiger partial charge in [0.1, 0.15) is 5.01 Å². The second kappa shape index (κ2) is 4.50. The highest BCUT2D eigenvalue weighted by molar-refractivity contribution is 9.10. The van der Waals surface area contributed by atoms with E-state index in [0.717, 1.165) is 10.7 Å². The lowest BCUT2D eigenvalue weighted by Gasteiger charge is -2.27. The number of aromatic nitrogens is 2. The summed E-state index contributed by atoms with van der Waals surface area (Å²) in [6.07, 6.45) is 6.56. The third-order valence-corrected chi connectivity index (χ3v) is 4.77. The molecule has 0 amide bonds. The van der Waals surface area contributed by atoms with Crippen LogP contribution in [0.4, 0.5) is 0 Å². The first-order valence-electron chi connectivity index (χ1n) is 5.62. The lowest BCUT2D eigenvalue weighted by molar-refractivity contribution is 0.345. The van der Waals surface area contributed by atoms with Gasteiger partial charge < -0.3 is 0 Å². The lowest BCUT2D eigenvalue weighted by atomic mass is 9.79. The molecule has 1 fully saturated rings. The average Bonchev–Trinajstić information content (AvgIpc) is 2.73. The van der Waals surface area contributed by atoms with Gasteiger partial charge in [-0.25, -0.2) is 4.98 Å². The van der Waals surface area contributed by atoms with E-state index in [9.17, 15) is 0 Å². The standard InChI is InChI=1S/C11H17BrN2S/c1-8(2)7-11(5-3-4-6-11)9-13-10(12)14-15-9/h8H,3-7H2,1-2H3. The Kier molecular flexibility index (Phi) is 3.45. The van der Waals surface area contributed by atoms with Gasteiger partial charge in [0.05, 0.1) is 0 Å². The Labute approximate surface area is 104 Å². The van der Waals surface area contributed by atoms with Gasteiger partial charge in [-0.2, -0.15) is 4.37 Å². The molecular weight excluding hydrogens is 272 g/mol. The van der Waals surface area contributed by atoms with Crippen molar-refractivity contribution in [3.05, 3.63) is 9.74 Å². The molecule has 84 valence electrons. The van der Waals surface area contributed by atoms with Gasteiger partial charge in [-0.3, -0.25) is 0 Å². The molecule has 2 rings (SSSR count). The van der Waals surface area contributed by atoms with E-state index in [-0.39, 0.29) is 0 Å². The van der Waals surface area contributed by atoms with Crippen molar-refractivity contribution < 1.29 is 0 Å². The molecule has 1 saturated carbocycles. The fourth-order valence-corrected chi connectivity index (χ4v) is 4.08. The first-order chi connectivity index (χ1) is 7.12. The van der Waals surface area contributed by atoms with Crippen molar-refractivity contribution >= 4 is 27.5 Å². The Morgan fingerprint density at radius 3 is 2.53 bits per heavy atom. The van der Waals surface area contributed by atoms with Crippen molar-refractivity contribution in [2.75, 3.05) is 0 Å². The van der Waals surface area contributed by atoms with E-state index in [0.29, 0.717) is 5.41 Å². The fourth-order valence-electron chi connectivity index (χ4n) is 2.76. The molecule has 0 aliphatic heterocycles. The molecule has 2 nitrogen and oxygen atoms in total. The lowest BCUT2D eigenvalue weighted by Crippen LogP contribution is -2.24. The summed E-state index contributed by atoms with van der Waals surface area (Å²) in [5, 5.41) is 1.25. The van der Waals surface area contributed by atoms with Crippen LogP contribution >= 0.6 is 27.5 Å². The van der Waals surface area contributed by atoms with E-state index in [1.165, 1.54) is 37.1 Å². The maximum absolute atomic E-state index is 4.54. The van der Waals surface area contributed by atoms with Crippen LogP contribution < -0.4 is 0 Å². The third kappa shape index (κ3) is 2.41. The van der Waals surface area contributed by atoms with Crippen LogP contribution in [0, 0.1) is 5.92 Å². The molecule has 15 heavy (non-hydrogen) atoms. The van der Waals surface area contributed by atoms with Crippen molar-refractivity contribution in [2.24, 2.45) is 5.92 Å². The molecule has 0 saturated heterocycles. The second-order valence-electron chi connectivity index (χ2n) is 4.95. The minimum Gasteiger partial charge on any atom is -0.213 e. The molecule has 0 unspecified atom stereocenters. The molecule has 0 aromatic carbocycles. The van der Waals surface area contributed by atoms with E-state index >= 15 is 0 Å². The summed E-state index contributed by atoms with van der Waals surface area (Å²) in [6, 6.07) is 0. The number of hydrogen-bond donors (Lipinski definition) is 0. The Morgan fingerprint density at radius 1 is 1.40 bits per heavy atom. The van der Waals surface area contributed by atoms with Crippen LogP contribution in [-0.2, 0) is 5.41 Å². The summed E-state index contributed by atoms with van der Waals surface area (Å²) in [4.78, 5) is 4.54. The minimum absolute atomic E-state index is 0.345. The summed E-state index contributed by atoms with van der Waals surface area (Å²) >= 11 is 4.94. The fraction of sp³-hybridized carbons (Fsp3) is 0.818. The van der Waals surface area contributed by atoms with Crippen LogP contribution in [0.2, 0.25) is 0 Å². The summed E-state index contributed by atoms with van der Waals surface area (Å²) in [6.45, 7) is 4.60. The predicted octanol–water partition coefficient (Wildman–Crippen LogP) is 4.16. The highest BCUT2D eigenvalue weighted by atomic mass is 79.9. The summed E-state index contributed by atoms with van der Waals surface area (Å²) in [5.41, 5.74) is 0.345. The highest BCUT2D eigenvalue weighted by Crippen LogP contribution is 2.46. The van der Waals surface area contributed by atoms with Crippen molar-refractivity contribution in [1.29, 1.82) is 0 Å². The van der Waals surface area contributed by atoms with Crippen LogP contribution in [0.5, 0.6) is 0 Å². The summed E-state index contributed by atoms with van der Waals surface area (Å²) in [5.74, 6) is 0.741. The van der Waals surface area contributed by atoms with E-state index in [4.69, 9.17) is 0 Å². The van der Waals surface area contributed by atoms with Gasteiger partial charge in [0.25, 0.3) is 0 Å². The van der Waals surface area contributed by atoms with Crippen LogP contribution in [0.15, 0.2) is 4.73 Å². The Bertz CT molecular complexity index is 329. The summed E-state index contributed by atoms with van der Waals surface area (Å²) < 4.78 is 5.02. The Hall–Kier alpha value is 0.0400. The van der Waals surface area contributed by atoms with Crippen molar-refractivity contribution in [3.8, 4) is 0 Å². The van der Waals surface area contributed by atoms with E-state index in [1.54, 1.807) is 11.5 Å². The quantitative estimate of drug-likeness (QED) is 0.835. The monoisotopic (exact) mass is 288 g/mol. The predicted molar refractivity (Wildman–Crippen MR) is 67.2 cm³/mol. The molecule has 0 spiro atoms. The van der Waals surface area contributed by atoms with Crippen molar-refractivity contribution in [3.63, 3.8) is 0 Å². The Balaban J connectivity index is 2.26. The van der Waals surface area contributed by atoms with Gasteiger partial charge >= 0.3 is 0 Å². The maximum Gasteiger partial charge on any atom is 0.209 e. The first-order valence-corrected chi connectivity index (χ1v) is 7.19. The molecule has 0 atom stereocenters. The molecule has 1 aliphatic carbocycles. The zero-order valence-corrected chi connectivity index (χ0v) is 11.7. The van der Waals surface area contributed by atoms with E-state index in [1.807, 2.05) is 0 Å². The SMILES string of the molecule is CC(C)CC1(c2nc(Br)ns2)CCCC1. The van der Waals surface area contributed by atoms with Crippen LogP contribution in [-0.4, -0.2) is 9.36 Å². The second-order valence-corrected chi connectivity index (χ2v) is 6.42. The van der Waals surface area contributed by atoms with Crippen LogP contribution in [0.3, 0.4) is 0 Å². The number of rotatable bonds is 3. The molecular formula is C11H17BrN2S. The Morgan fingerprint density at radius 2 is 2.07 bits per heavy atom. The highest BCUT2D eigenvalue weighted by Gasteiger charge is 2.39. The van der Waals surface area contributed by atoms with Gasteiger partial charge in [0.15, 0.2) is 0 Å². The molecule has 0 bridgehead atoms. The average molecular weight is 289 g/mol. The number of hydrogen-bond acceptors (Lipinski definition) is 3. The smallest absolute Gasteiger partial charge is 0.209 e. The zero-order chi connectivity index (χ0) is 10.9. The molecule has 1 aromatic heterocycles. The van der Waals surface area contributed by atoms with Gasteiger partial charge in [0.2, 0.25) is 4.73 Å². The zero-order valence-electron chi connectivity index (χ0n) is 9.29. The largest absolute Gasteiger partial charge is 0.213 e. The third-order valence-electron chi connectivity index (χ3n) is 3.21. The summed E-state index contributed by atoms with van der Waals surface area (Å²) in [7, 11) is 0. The normalized spacial score (nSPS) is 20.0. The van der Waals surface area contributed by atoms with Crippen molar-refractivity contribution in [2.45, 2.75) is 51.4 Å². The first kappa shape index (κ1) is 11.5. The molecule has 0 radical (unpaired) electrons. The van der Waals surface area contributed by atoms with Crippen molar-refractivity contribution in [1.82, 2.24) is 9.36 Å². The molecule has 0 N–H and O–H groups in total.